The summed E-state index contributed by atoms with van der Waals surface area (Å²) in [7, 11) is 2.10. The van der Waals surface area contributed by atoms with E-state index in [9.17, 15) is 0 Å². The van der Waals surface area contributed by atoms with Gasteiger partial charge in [-0.05, 0) is 18.6 Å². The lowest BCUT2D eigenvalue weighted by atomic mass is 9.95. The van der Waals surface area contributed by atoms with Gasteiger partial charge in [-0.3, -0.25) is 0 Å². The fourth-order valence-electron chi connectivity index (χ4n) is 4.07. The topological polar surface area (TPSA) is 26.2 Å². The molecular formula is C21H14NO2S+. The second-order valence-electron chi connectivity index (χ2n) is 6.56. The molecule has 1 aliphatic heterocycles. The molecule has 0 bridgehead atoms. The number of para-hydroxylation sites is 1. The number of furan rings is 1. The maximum atomic E-state index is 6.27. The Morgan fingerprint density at radius 3 is 2.80 bits per heavy atom. The predicted molar refractivity (Wildman–Crippen MR) is 101 cm³/mol. The monoisotopic (exact) mass is 344 g/mol. The van der Waals surface area contributed by atoms with E-state index in [1.54, 1.807) is 11.3 Å². The fourth-order valence-corrected chi connectivity index (χ4v) is 4.92. The zero-order valence-electron chi connectivity index (χ0n) is 13.8. The number of hydrogen-bond donors (Lipinski definition) is 0. The third kappa shape index (κ3) is 1.58. The number of ether oxygens (including phenoxy) is 1. The molecule has 5 aromatic rings. The van der Waals surface area contributed by atoms with Crippen LogP contribution in [0.3, 0.4) is 0 Å². The van der Waals surface area contributed by atoms with Crippen molar-refractivity contribution in [3.05, 3.63) is 53.5 Å². The molecule has 120 valence electrons. The summed E-state index contributed by atoms with van der Waals surface area (Å²) in [5.74, 6) is 1.81. The van der Waals surface area contributed by atoms with Gasteiger partial charge in [0.2, 0.25) is 5.69 Å². The summed E-state index contributed by atoms with van der Waals surface area (Å²) >= 11 is 1.72. The minimum Gasteiger partial charge on any atom is -0.456 e. The predicted octanol–water partition coefficient (Wildman–Crippen LogP) is 5.71. The van der Waals surface area contributed by atoms with Gasteiger partial charge < -0.3 is 9.15 Å². The molecule has 3 nitrogen and oxygen atoms in total. The van der Waals surface area contributed by atoms with Crippen LogP contribution in [0, 0.1) is 6.92 Å². The normalized spacial score (nSPS) is 12.7. The van der Waals surface area contributed by atoms with Crippen molar-refractivity contribution in [2.45, 2.75) is 6.92 Å². The van der Waals surface area contributed by atoms with Crippen LogP contribution in [0.25, 0.3) is 43.3 Å². The van der Waals surface area contributed by atoms with Crippen molar-refractivity contribution in [3.63, 3.8) is 0 Å². The maximum Gasteiger partial charge on any atom is 0.228 e. The molecule has 2 aromatic carbocycles. The highest BCUT2D eigenvalue weighted by molar-refractivity contribution is 7.17. The van der Waals surface area contributed by atoms with Gasteiger partial charge in [0, 0.05) is 28.3 Å². The summed E-state index contributed by atoms with van der Waals surface area (Å²) in [6.45, 7) is 2.17. The first kappa shape index (κ1) is 13.4. The fraction of sp³-hybridized carbons (Fsp3) is 0.0952. The standard InChI is InChI=1S/C21H14NO2S/c1-11-18-12-5-3-4-6-13(12)23-14(18)9-15-19(11)21-20-16(24-15)10-25-17(20)7-8-22(21)2/h3-10H,1-2H3/q+1. The van der Waals surface area contributed by atoms with E-state index in [0.717, 1.165) is 33.6 Å². The number of hydrogen-bond acceptors (Lipinski definition) is 3. The molecule has 0 saturated carbocycles. The minimum atomic E-state index is 0.873. The van der Waals surface area contributed by atoms with Gasteiger partial charge in [0.15, 0.2) is 11.9 Å². The van der Waals surface area contributed by atoms with Gasteiger partial charge in [-0.15, -0.1) is 11.3 Å². The van der Waals surface area contributed by atoms with E-state index in [2.05, 4.69) is 48.3 Å². The Bertz CT molecular complexity index is 1340. The third-order valence-corrected chi connectivity index (χ3v) is 6.09. The van der Waals surface area contributed by atoms with Crippen molar-refractivity contribution >= 4 is 43.4 Å². The molecule has 25 heavy (non-hydrogen) atoms. The van der Waals surface area contributed by atoms with E-state index in [-0.39, 0.29) is 0 Å². The van der Waals surface area contributed by atoms with Gasteiger partial charge >= 0.3 is 0 Å². The van der Waals surface area contributed by atoms with Crippen LogP contribution in [0.2, 0.25) is 0 Å². The van der Waals surface area contributed by atoms with Gasteiger partial charge in [-0.1, -0.05) is 18.2 Å². The number of rotatable bonds is 0. The molecule has 6 rings (SSSR count). The Morgan fingerprint density at radius 1 is 1.00 bits per heavy atom. The van der Waals surface area contributed by atoms with E-state index in [4.69, 9.17) is 9.15 Å². The van der Waals surface area contributed by atoms with Crippen LogP contribution in [0.1, 0.15) is 5.56 Å². The molecule has 0 amide bonds. The summed E-state index contributed by atoms with van der Waals surface area (Å²) in [5.41, 5.74) is 5.39. The SMILES string of the molecule is Cc1c2c(cc3oc4ccccc4c13)Oc1csc3cc[n+](C)c-2c13. The van der Waals surface area contributed by atoms with Crippen LogP contribution in [0.4, 0.5) is 0 Å². The quantitative estimate of drug-likeness (QED) is 0.330. The van der Waals surface area contributed by atoms with Crippen LogP contribution >= 0.6 is 11.3 Å². The molecule has 0 aliphatic carbocycles. The summed E-state index contributed by atoms with van der Waals surface area (Å²) < 4.78 is 15.8. The first-order valence-electron chi connectivity index (χ1n) is 8.25. The molecule has 4 heterocycles. The van der Waals surface area contributed by atoms with Crippen LogP contribution in [0.5, 0.6) is 11.5 Å². The molecule has 0 unspecified atom stereocenters. The Morgan fingerprint density at radius 2 is 1.88 bits per heavy atom. The maximum absolute atomic E-state index is 6.27. The zero-order valence-corrected chi connectivity index (χ0v) is 14.6. The highest BCUT2D eigenvalue weighted by atomic mass is 32.1. The van der Waals surface area contributed by atoms with Crippen molar-refractivity contribution < 1.29 is 13.7 Å². The highest BCUT2D eigenvalue weighted by Gasteiger charge is 2.32. The van der Waals surface area contributed by atoms with Crippen molar-refractivity contribution in [1.29, 1.82) is 0 Å². The Labute approximate surface area is 147 Å². The van der Waals surface area contributed by atoms with E-state index >= 15 is 0 Å². The van der Waals surface area contributed by atoms with Gasteiger partial charge in [-0.25, -0.2) is 4.57 Å². The first-order chi connectivity index (χ1) is 12.2. The second kappa shape index (κ2) is 4.41. The molecule has 0 fully saturated rings. The van der Waals surface area contributed by atoms with Crippen molar-refractivity contribution in [3.8, 4) is 22.8 Å². The number of thiophene rings is 1. The molecule has 0 N–H and O–H groups in total. The van der Waals surface area contributed by atoms with E-state index in [1.165, 1.54) is 26.7 Å². The molecule has 0 atom stereocenters. The van der Waals surface area contributed by atoms with Crippen LogP contribution in [-0.2, 0) is 7.05 Å². The van der Waals surface area contributed by atoms with Gasteiger partial charge in [-0.2, -0.15) is 0 Å². The number of benzene rings is 2. The largest absolute Gasteiger partial charge is 0.456 e. The second-order valence-corrected chi connectivity index (χ2v) is 7.47. The van der Waals surface area contributed by atoms with Crippen LogP contribution in [0.15, 0.2) is 52.4 Å². The highest BCUT2D eigenvalue weighted by Crippen LogP contribution is 2.51. The van der Waals surface area contributed by atoms with E-state index in [0.29, 0.717) is 0 Å². The van der Waals surface area contributed by atoms with Crippen molar-refractivity contribution in [2.75, 3.05) is 0 Å². The summed E-state index contributed by atoms with van der Waals surface area (Å²) in [5, 5.41) is 5.63. The van der Waals surface area contributed by atoms with Crippen LogP contribution in [-0.4, -0.2) is 0 Å². The molecule has 4 heteroatoms. The first-order valence-corrected chi connectivity index (χ1v) is 9.13. The number of aromatic nitrogens is 1. The molecule has 0 saturated heterocycles. The lowest BCUT2D eigenvalue weighted by Crippen LogP contribution is -2.31. The molecule has 0 spiro atoms. The zero-order chi connectivity index (χ0) is 16.7. The lowest BCUT2D eigenvalue weighted by Gasteiger charge is -2.18. The summed E-state index contributed by atoms with van der Waals surface area (Å²) in [6.07, 6.45) is 2.13. The summed E-state index contributed by atoms with van der Waals surface area (Å²) in [6, 6.07) is 12.4. The average Bonchev–Trinajstić information content (AvgIpc) is 3.19. The molecule has 3 aromatic heterocycles. The number of nitrogens with zero attached hydrogens (tertiary/aromatic N) is 1. The number of pyridine rings is 1. The van der Waals surface area contributed by atoms with Crippen molar-refractivity contribution in [2.24, 2.45) is 7.05 Å². The lowest BCUT2D eigenvalue weighted by molar-refractivity contribution is -0.659. The summed E-state index contributed by atoms with van der Waals surface area (Å²) in [4.78, 5) is 0. The van der Waals surface area contributed by atoms with Gasteiger partial charge in [0.25, 0.3) is 0 Å². The number of aryl methyl sites for hydroxylation is 2. The molecule has 1 aliphatic rings. The Hall–Kier alpha value is -2.85. The van der Waals surface area contributed by atoms with Crippen molar-refractivity contribution in [1.82, 2.24) is 0 Å². The van der Waals surface area contributed by atoms with Crippen LogP contribution < -0.4 is 9.30 Å². The smallest absolute Gasteiger partial charge is 0.228 e. The Balaban J connectivity index is 1.85. The van der Waals surface area contributed by atoms with E-state index in [1.807, 2.05) is 18.2 Å². The minimum absolute atomic E-state index is 0.873. The Kier molecular flexibility index (Phi) is 2.37. The molecular weight excluding hydrogens is 330 g/mol. The van der Waals surface area contributed by atoms with Gasteiger partial charge in [0.1, 0.15) is 29.3 Å². The third-order valence-electron chi connectivity index (χ3n) is 5.16. The number of fused-ring (bicyclic) bond motifs is 5. The molecule has 0 radical (unpaired) electrons. The van der Waals surface area contributed by atoms with E-state index < -0.39 is 0 Å². The van der Waals surface area contributed by atoms with Gasteiger partial charge in [0.05, 0.1) is 10.3 Å². The average molecular weight is 344 g/mol.